The highest BCUT2D eigenvalue weighted by Gasteiger charge is 2.38. The smallest absolute Gasteiger partial charge is 0.378 e. The van der Waals surface area contributed by atoms with Crippen LogP contribution in [0.2, 0.25) is 5.02 Å². The second-order valence-electron chi connectivity index (χ2n) is 6.82. The molecule has 0 unspecified atom stereocenters. The maximum Gasteiger partial charge on any atom is 0.416 e. The number of nitrogens with zero attached hydrogens (tertiary/aromatic N) is 2. The van der Waals surface area contributed by atoms with E-state index in [1.165, 1.54) is 0 Å². The summed E-state index contributed by atoms with van der Waals surface area (Å²) in [5, 5.41) is 0.0363. The number of hydrogen-bond donors (Lipinski definition) is 0. The molecule has 4 nitrogen and oxygen atoms in total. The van der Waals surface area contributed by atoms with Crippen LogP contribution in [0.3, 0.4) is 0 Å². The van der Waals surface area contributed by atoms with Crippen LogP contribution in [0, 0.1) is 0 Å². The number of morpholine rings is 1. The lowest BCUT2D eigenvalue weighted by Gasteiger charge is -2.48. The van der Waals surface area contributed by atoms with Gasteiger partial charge in [-0.1, -0.05) is 24.9 Å². The summed E-state index contributed by atoms with van der Waals surface area (Å²) in [5.74, 6) is -0.460. The van der Waals surface area contributed by atoms with E-state index in [0.717, 1.165) is 31.0 Å². The summed E-state index contributed by atoms with van der Waals surface area (Å²) >= 11 is 6.01. The third kappa shape index (κ3) is 4.00. The Bertz CT molecular complexity index is 666. The van der Waals surface area contributed by atoms with Gasteiger partial charge in [0.05, 0.1) is 35.4 Å². The SMILES string of the molecule is CCC[C@H]1COC[C@H]2CN(C(=O)c3cc(C(F)(F)F)ccc3Cl)CCN12. The van der Waals surface area contributed by atoms with Crippen LogP contribution >= 0.6 is 11.6 Å². The van der Waals surface area contributed by atoms with Gasteiger partial charge in [0, 0.05) is 25.7 Å². The number of rotatable bonds is 3. The molecule has 1 amide bonds. The summed E-state index contributed by atoms with van der Waals surface area (Å²) < 4.78 is 44.5. The molecule has 0 aromatic heterocycles. The van der Waals surface area contributed by atoms with Gasteiger partial charge in [0.1, 0.15) is 0 Å². The van der Waals surface area contributed by atoms with Crippen LogP contribution in [-0.4, -0.2) is 60.6 Å². The molecule has 0 aliphatic carbocycles. The highest BCUT2D eigenvalue weighted by molar-refractivity contribution is 6.33. The number of benzene rings is 1. The van der Waals surface area contributed by atoms with Crippen molar-refractivity contribution in [3.05, 3.63) is 34.3 Å². The zero-order valence-electron chi connectivity index (χ0n) is 14.6. The zero-order valence-corrected chi connectivity index (χ0v) is 15.3. The van der Waals surface area contributed by atoms with Crippen LogP contribution in [0.25, 0.3) is 0 Å². The number of fused-ring (bicyclic) bond motifs is 1. The summed E-state index contributed by atoms with van der Waals surface area (Å²) in [5.41, 5.74) is -0.968. The van der Waals surface area contributed by atoms with E-state index in [9.17, 15) is 18.0 Å². The monoisotopic (exact) mass is 390 g/mol. The molecule has 3 rings (SSSR count). The lowest BCUT2D eigenvalue weighted by molar-refractivity contribution is -0.137. The Balaban J connectivity index is 1.76. The largest absolute Gasteiger partial charge is 0.416 e. The number of carbonyl (C=O) groups excluding carboxylic acids is 1. The van der Waals surface area contributed by atoms with Crippen LogP contribution in [0.5, 0.6) is 0 Å². The highest BCUT2D eigenvalue weighted by Crippen LogP contribution is 2.32. The molecule has 2 heterocycles. The Morgan fingerprint density at radius 2 is 2.08 bits per heavy atom. The molecular weight excluding hydrogens is 369 g/mol. The first-order valence-electron chi connectivity index (χ1n) is 8.80. The molecular formula is C18H22ClF3N2O2. The highest BCUT2D eigenvalue weighted by atomic mass is 35.5. The van der Waals surface area contributed by atoms with Gasteiger partial charge in [0.25, 0.3) is 5.91 Å². The maximum atomic E-state index is 13.0. The van der Waals surface area contributed by atoms with E-state index < -0.39 is 17.6 Å². The van der Waals surface area contributed by atoms with E-state index in [-0.39, 0.29) is 16.6 Å². The Hall–Kier alpha value is -1.31. The van der Waals surface area contributed by atoms with Crippen molar-refractivity contribution in [2.75, 3.05) is 32.8 Å². The lowest BCUT2D eigenvalue weighted by Crippen LogP contribution is -2.62. The van der Waals surface area contributed by atoms with Crippen LogP contribution in [0.15, 0.2) is 18.2 Å². The number of alkyl halides is 3. The van der Waals surface area contributed by atoms with Gasteiger partial charge < -0.3 is 9.64 Å². The average Bonchev–Trinajstić information content (AvgIpc) is 2.60. The van der Waals surface area contributed by atoms with E-state index in [0.29, 0.717) is 38.9 Å². The summed E-state index contributed by atoms with van der Waals surface area (Å²) in [7, 11) is 0. The summed E-state index contributed by atoms with van der Waals surface area (Å²) in [6, 6.07) is 3.28. The molecule has 8 heteroatoms. The van der Waals surface area contributed by atoms with Crippen LogP contribution in [-0.2, 0) is 10.9 Å². The fourth-order valence-corrected chi connectivity index (χ4v) is 3.94. The van der Waals surface area contributed by atoms with Crippen molar-refractivity contribution in [1.82, 2.24) is 9.80 Å². The minimum atomic E-state index is -4.51. The van der Waals surface area contributed by atoms with Gasteiger partial charge in [-0.15, -0.1) is 0 Å². The molecule has 2 saturated heterocycles. The topological polar surface area (TPSA) is 32.8 Å². The molecule has 2 aliphatic heterocycles. The minimum absolute atomic E-state index is 0.0363. The summed E-state index contributed by atoms with van der Waals surface area (Å²) in [4.78, 5) is 16.7. The fourth-order valence-electron chi connectivity index (χ4n) is 3.74. The minimum Gasteiger partial charge on any atom is -0.378 e. The molecule has 0 bridgehead atoms. The van der Waals surface area contributed by atoms with Gasteiger partial charge >= 0.3 is 6.18 Å². The van der Waals surface area contributed by atoms with Crippen molar-refractivity contribution in [1.29, 1.82) is 0 Å². The number of piperazine rings is 1. The summed E-state index contributed by atoms with van der Waals surface area (Å²) in [6.07, 6.45) is -2.42. The van der Waals surface area contributed by atoms with Crippen molar-refractivity contribution >= 4 is 17.5 Å². The molecule has 0 N–H and O–H groups in total. The second-order valence-corrected chi connectivity index (χ2v) is 7.22. The molecule has 144 valence electrons. The van der Waals surface area contributed by atoms with Gasteiger partial charge in [-0.25, -0.2) is 0 Å². The molecule has 0 saturated carbocycles. The molecule has 26 heavy (non-hydrogen) atoms. The zero-order chi connectivity index (χ0) is 18.9. The van der Waals surface area contributed by atoms with E-state index >= 15 is 0 Å². The third-order valence-electron chi connectivity index (χ3n) is 5.05. The Labute approximate surface area is 155 Å². The van der Waals surface area contributed by atoms with E-state index in [1.54, 1.807) is 4.90 Å². The van der Waals surface area contributed by atoms with Crippen molar-refractivity contribution in [3.8, 4) is 0 Å². The van der Waals surface area contributed by atoms with Crippen LogP contribution in [0.4, 0.5) is 13.2 Å². The van der Waals surface area contributed by atoms with Gasteiger partial charge in [0.2, 0.25) is 0 Å². The first-order valence-corrected chi connectivity index (χ1v) is 9.18. The van der Waals surface area contributed by atoms with Crippen molar-refractivity contribution in [2.24, 2.45) is 0 Å². The third-order valence-corrected chi connectivity index (χ3v) is 5.38. The molecule has 1 aromatic rings. The lowest BCUT2D eigenvalue weighted by atomic mass is 10.0. The van der Waals surface area contributed by atoms with E-state index in [2.05, 4.69) is 11.8 Å². The first-order chi connectivity index (χ1) is 12.3. The predicted octanol–water partition coefficient (Wildman–Crippen LogP) is 3.68. The maximum absolute atomic E-state index is 13.0. The van der Waals surface area contributed by atoms with Gasteiger partial charge in [0.15, 0.2) is 0 Å². The van der Waals surface area contributed by atoms with Gasteiger partial charge in [-0.05, 0) is 24.6 Å². The average molecular weight is 391 g/mol. The van der Waals surface area contributed by atoms with Gasteiger partial charge in [-0.3, -0.25) is 9.69 Å². The first kappa shape index (κ1) is 19.5. The normalized spacial score (nSPS) is 24.4. The molecule has 2 aliphatic rings. The molecule has 1 aromatic carbocycles. The Kier molecular flexibility index (Phi) is 5.79. The van der Waals surface area contributed by atoms with Crippen LogP contribution < -0.4 is 0 Å². The standard InChI is InChI=1S/C18H22ClF3N2O2/c1-2-3-13-10-26-11-14-9-23(6-7-24(13)14)17(25)15-8-12(18(20,21)22)4-5-16(15)19/h4-5,8,13-14H,2-3,6-7,9-11H2,1H3/t13-,14+/m0/s1. The van der Waals surface area contributed by atoms with Crippen molar-refractivity contribution < 1.29 is 22.7 Å². The summed E-state index contributed by atoms with van der Waals surface area (Å²) in [6.45, 7) is 4.95. The number of halogens is 4. The molecule has 0 spiro atoms. The molecule has 2 atom stereocenters. The number of hydrogen-bond acceptors (Lipinski definition) is 3. The predicted molar refractivity (Wildman–Crippen MR) is 92.4 cm³/mol. The van der Waals surface area contributed by atoms with Crippen molar-refractivity contribution in [2.45, 2.75) is 38.0 Å². The number of ether oxygens (including phenoxy) is 1. The molecule has 2 fully saturated rings. The van der Waals surface area contributed by atoms with Gasteiger partial charge in [-0.2, -0.15) is 13.2 Å². The molecule has 0 radical (unpaired) electrons. The van der Waals surface area contributed by atoms with E-state index in [4.69, 9.17) is 16.3 Å². The number of carbonyl (C=O) groups is 1. The Morgan fingerprint density at radius 3 is 2.77 bits per heavy atom. The number of amides is 1. The second kappa shape index (κ2) is 7.74. The Morgan fingerprint density at radius 1 is 1.31 bits per heavy atom. The van der Waals surface area contributed by atoms with Crippen LogP contribution in [0.1, 0.15) is 35.7 Å². The quantitative estimate of drug-likeness (QED) is 0.789. The fraction of sp³-hybridized carbons (Fsp3) is 0.611. The van der Waals surface area contributed by atoms with E-state index in [1.807, 2.05) is 0 Å². The van der Waals surface area contributed by atoms with Crippen molar-refractivity contribution in [3.63, 3.8) is 0 Å².